The fourth-order valence-corrected chi connectivity index (χ4v) is 1.02. The molecule has 66 valence electrons. The highest BCUT2D eigenvalue weighted by Crippen LogP contribution is 2.18. The Hall–Kier alpha value is -0.310. The Kier molecular flexibility index (Phi) is 6.07. The van der Waals surface area contributed by atoms with E-state index in [2.05, 4.69) is 22.5 Å². The zero-order chi connectivity index (χ0) is 9.56. The van der Waals surface area contributed by atoms with E-state index in [1.807, 2.05) is 24.3 Å². The zero-order valence-electron chi connectivity index (χ0n) is 6.72. The van der Waals surface area contributed by atoms with Crippen molar-refractivity contribution in [3.8, 4) is 0 Å². The Morgan fingerprint density at radius 2 is 1.75 bits per heavy atom. The van der Waals surface area contributed by atoms with Crippen molar-refractivity contribution in [2.75, 3.05) is 7.11 Å². The molecule has 1 rings (SSSR count). The molecule has 0 spiro atoms. The zero-order valence-corrected chi connectivity index (χ0v) is 9.06. The van der Waals surface area contributed by atoms with Crippen molar-refractivity contribution in [1.29, 1.82) is 0 Å². The molecule has 1 N–H and O–H groups in total. The van der Waals surface area contributed by atoms with Crippen LogP contribution in [0, 0.1) is 0 Å². The van der Waals surface area contributed by atoms with Crippen LogP contribution in [0.3, 0.4) is 0 Å². The summed E-state index contributed by atoms with van der Waals surface area (Å²) >= 11 is 8.97. The number of benzene rings is 1. The lowest BCUT2D eigenvalue weighted by Crippen LogP contribution is -1.72. The average molecular weight is 250 g/mol. The summed E-state index contributed by atoms with van der Waals surface area (Å²) in [6.45, 7) is 3.61. The van der Waals surface area contributed by atoms with Crippen molar-refractivity contribution in [2.45, 2.75) is 0 Å². The Balaban J connectivity index is 0.000000561. The lowest BCUT2D eigenvalue weighted by molar-refractivity contribution is 0.399. The first kappa shape index (κ1) is 11.7. The molecule has 1 aromatic carbocycles. The number of hydrogen-bond acceptors (Lipinski definition) is 1. The van der Waals surface area contributed by atoms with E-state index < -0.39 is 0 Å². The molecule has 0 bridgehead atoms. The van der Waals surface area contributed by atoms with Crippen LogP contribution in [0.4, 0.5) is 0 Å². The van der Waals surface area contributed by atoms with Gasteiger partial charge >= 0.3 is 0 Å². The first-order chi connectivity index (χ1) is 5.70. The lowest BCUT2D eigenvalue weighted by atomic mass is 10.2. The molecule has 0 heterocycles. The molecule has 0 unspecified atom stereocenters. The van der Waals surface area contributed by atoms with Gasteiger partial charge in [0.15, 0.2) is 0 Å². The normalized spacial score (nSPS) is 8.33. The fourth-order valence-electron chi connectivity index (χ4n) is 0.631. The summed E-state index contributed by atoms with van der Waals surface area (Å²) in [5.41, 5.74) is 0.963. The standard InChI is InChI=1S/C8H6BrCl.CH4O/c1-6(10)7-2-4-8(9)5-3-7;1-2/h2-5H,1H2;2H,1H3. The number of aliphatic hydroxyl groups is 1. The number of hydrogen-bond donors (Lipinski definition) is 1. The van der Waals surface area contributed by atoms with Crippen LogP contribution in [0.5, 0.6) is 0 Å². The molecule has 1 nitrogen and oxygen atoms in total. The van der Waals surface area contributed by atoms with Gasteiger partial charge in [-0.15, -0.1) is 0 Å². The van der Waals surface area contributed by atoms with Crippen molar-refractivity contribution >= 4 is 32.6 Å². The molecule has 0 aromatic heterocycles. The summed E-state index contributed by atoms with van der Waals surface area (Å²) in [5.74, 6) is 0. The number of aliphatic hydroxyl groups excluding tert-OH is 1. The van der Waals surface area contributed by atoms with Gasteiger partial charge in [0.2, 0.25) is 0 Å². The molecule has 0 radical (unpaired) electrons. The Bertz CT molecular complexity index is 243. The minimum Gasteiger partial charge on any atom is -0.400 e. The van der Waals surface area contributed by atoms with E-state index in [-0.39, 0.29) is 0 Å². The summed E-state index contributed by atoms with van der Waals surface area (Å²) in [6, 6.07) is 7.70. The van der Waals surface area contributed by atoms with Crippen LogP contribution < -0.4 is 0 Å². The van der Waals surface area contributed by atoms with Gasteiger partial charge < -0.3 is 5.11 Å². The molecule has 3 heteroatoms. The summed E-state index contributed by atoms with van der Waals surface area (Å²) < 4.78 is 1.05. The Labute approximate surface area is 85.8 Å². The van der Waals surface area contributed by atoms with Crippen LogP contribution in [0.25, 0.3) is 5.03 Å². The van der Waals surface area contributed by atoms with Crippen molar-refractivity contribution in [2.24, 2.45) is 0 Å². The minimum atomic E-state index is 0.576. The van der Waals surface area contributed by atoms with Crippen molar-refractivity contribution in [3.63, 3.8) is 0 Å². The first-order valence-corrected chi connectivity index (χ1v) is 4.42. The van der Waals surface area contributed by atoms with E-state index in [9.17, 15) is 0 Å². The second-order valence-corrected chi connectivity index (χ2v) is 3.28. The van der Waals surface area contributed by atoms with E-state index >= 15 is 0 Å². The summed E-state index contributed by atoms with van der Waals surface area (Å²) in [7, 11) is 1.00. The molecule has 0 fully saturated rings. The molecule has 0 atom stereocenters. The quantitative estimate of drug-likeness (QED) is 0.810. The summed E-state index contributed by atoms with van der Waals surface area (Å²) in [6.07, 6.45) is 0. The van der Waals surface area contributed by atoms with E-state index in [1.165, 1.54) is 0 Å². The molecule has 0 saturated carbocycles. The summed E-state index contributed by atoms with van der Waals surface area (Å²) in [4.78, 5) is 0. The maximum Gasteiger partial charge on any atom is 0.0406 e. The first-order valence-electron chi connectivity index (χ1n) is 3.25. The van der Waals surface area contributed by atoms with Crippen LogP contribution in [-0.4, -0.2) is 12.2 Å². The van der Waals surface area contributed by atoms with Crippen molar-refractivity contribution in [3.05, 3.63) is 40.9 Å². The van der Waals surface area contributed by atoms with Crippen LogP contribution in [0.15, 0.2) is 35.3 Å². The van der Waals surface area contributed by atoms with E-state index in [0.29, 0.717) is 5.03 Å². The van der Waals surface area contributed by atoms with E-state index in [4.69, 9.17) is 16.7 Å². The van der Waals surface area contributed by atoms with Gasteiger partial charge in [-0.25, -0.2) is 0 Å². The van der Waals surface area contributed by atoms with Crippen molar-refractivity contribution < 1.29 is 5.11 Å². The number of halogens is 2. The van der Waals surface area contributed by atoms with Gasteiger partial charge in [-0.1, -0.05) is 46.2 Å². The second kappa shape index (κ2) is 6.23. The van der Waals surface area contributed by atoms with E-state index in [0.717, 1.165) is 17.1 Å². The SMILES string of the molecule is C=C(Cl)c1ccc(Br)cc1.CO. The van der Waals surface area contributed by atoms with Gasteiger partial charge in [-0.3, -0.25) is 0 Å². The molecule has 0 saturated heterocycles. The van der Waals surface area contributed by atoms with Crippen LogP contribution in [-0.2, 0) is 0 Å². The van der Waals surface area contributed by atoms with Gasteiger partial charge in [0.25, 0.3) is 0 Å². The fraction of sp³-hybridized carbons (Fsp3) is 0.111. The monoisotopic (exact) mass is 248 g/mol. The number of rotatable bonds is 1. The van der Waals surface area contributed by atoms with Crippen LogP contribution in [0.1, 0.15) is 5.56 Å². The highest BCUT2D eigenvalue weighted by atomic mass is 79.9. The average Bonchev–Trinajstić information content (AvgIpc) is 2.09. The second-order valence-electron chi connectivity index (χ2n) is 1.91. The highest BCUT2D eigenvalue weighted by Gasteiger charge is 1.92. The minimum absolute atomic E-state index is 0.576. The van der Waals surface area contributed by atoms with Gasteiger partial charge in [-0.2, -0.15) is 0 Å². The molecule has 1 aromatic rings. The third-order valence-electron chi connectivity index (χ3n) is 1.16. The third kappa shape index (κ3) is 3.90. The Morgan fingerprint density at radius 3 is 2.08 bits per heavy atom. The lowest BCUT2D eigenvalue weighted by Gasteiger charge is -1.95. The molecule has 0 aliphatic heterocycles. The van der Waals surface area contributed by atoms with E-state index in [1.54, 1.807) is 0 Å². The van der Waals surface area contributed by atoms with Gasteiger partial charge in [0, 0.05) is 16.6 Å². The molecule has 0 amide bonds. The smallest absolute Gasteiger partial charge is 0.0406 e. The van der Waals surface area contributed by atoms with Crippen LogP contribution in [0.2, 0.25) is 0 Å². The predicted octanol–water partition coefficient (Wildman–Crippen LogP) is 3.27. The highest BCUT2D eigenvalue weighted by molar-refractivity contribution is 9.10. The van der Waals surface area contributed by atoms with Gasteiger partial charge in [-0.05, 0) is 17.7 Å². The molecule has 0 aliphatic carbocycles. The Morgan fingerprint density at radius 1 is 1.33 bits per heavy atom. The molecular formula is C9H10BrClO. The molecule has 0 aliphatic rings. The van der Waals surface area contributed by atoms with Gasteiger partial charge in [0.1, 0.15) is 0 Å². The topological polar surface area (TPSA) is 20.2 Å². The van der Waals surface area contributed by atoms with Gasteiger partial charge in [0.05, 0.1) is 0 Å². The maximum absolute atomic E-state index is 7.00. The van der Waals surface area contributed by atoms with Crippen LogP contribution >= 0.6 is 27.5 Å². The largest absolute Gasteiger partial charge is 0.400 e. The maximum atomic E-state index is 7.00. The molecule has 12 heavy (non-hydrogen) atoms. The molecular weight excluding hydrogens is 239 g/mol. The third-order valence-corrected chi connectivity index (χ3v) is 1.90. The predicted molar refractivity (Wildman–Crippen MR) is 57.2 cm³/mol. The summed E-state index contributed by atoms with van der Waals surface area (Å²) in [5, 5.41) is 7.58. The van der Waals surface area contributed by atoms with Crippen molar-refractivity contribution in [1.82, 2.24) is 0 Å².